The number of anilines is 1. The maximum Gasteiger partial charge on any atom is 0.149 e. The minimum Gasteiger partial charge on any atom is -0.369 e. The van der Waals surface area contributed by atoms with Crippen LogP contribution >= 0.6 is 0 Å². The molecule has 0 radical (unpaired) electrons. The quantitative estimate of drug-likeness (QED) is 0.736. The van der Waals surface area contributed by atoms with Gasteiger partial charge in [-0.15, -0.1) is 0 Å². The molecule has 1 aromatic carbocycles. The van der Waals surface area contributed by atoms with Crippen molar-refractivity contribution in [2.45, 2.75) is 25.8 Å². The predicted octanol–water partition coefficient (Wildman–Crippen LogP) is 2.07. The Hall–Kier alpha value is -1.79. The van der Waals surface area contributed by atoms with E-state index in [1.165, 1.54) is 12.4 Å². The first-order valence-corrected chi connectivity index (χ1v) is 7.37. The number of halogens is 1. The van der Waals surface area contributed by atoms with Crippen LogP contribution in [0, 0.1) is 11.7 Å². The molecule has 0 bridgehead atoms. The lowest BCUT2D eigenvalue weighted by Crippen LogP contribution is -2.28. The summed E-state index contributed by atoms with van der Waals surface area (Å²) in [4.78, 5) is 8.22. The Morgan fingerprint density at radius 2 is 2.29 bits per heavy atom. The van der Waals surface area contributed by atoms with Gasteiger partial charge in [-0.2, -0.15) is 0 Å². The average Bonchev–Trinajstić information content (AvgIpc) is 2.90. The lowest BCUT2D eigenvalue weighted by Gasteiger charge is -2.14. The molecule has 3 N–H and O–H groups in total. The summed E-state index contributed by atoms with van der Waals surface area (Å²) < 4.78 is 13.7. The van der Waals surface area contributed by atoms with Crippen molar-refractivity contribution in [1.29, 1.82) is 0 Å². The van der Waals surface area contributed by atoms with Crippen LogP contribution in [-0.4, -0.2) is 29.1 Å². The molecule has 2 atom stereocenters. The molecule has 6 heteroatoms. The molecule has 1 saturated heterocycles. The molecule has 2 heterocycles. The summed E-state index contributed by atoms with van der Waals surface area (Å²) in [6.07, 6.45) is 3.60. The smallest absolute Gasteiger partial charge is 0.149 e. The molecule has 0 spiro atoms. The van der Waals surface area contributed by atoms with Gasteiger partial charge >= 0.3 is 0 Å². The Balaban J connectivity index is 1.59. The molecule has 1 aromatic heterocycles. The third-order valence-corrected chi connectivity index (χ3v) is 4.06. The van der Waals surface area contributed by atoms with Crippen LogP contribution in [0.3, 0.4) is 0 Å². The van der Waals surface area contributed by atoms with Crippen molar-refractivity contribution in [3.8, 4) is 0 Å². The van der Waals surface area contributed by atoms with E-state index >= 15 is 0 Å². The fraction of sp³-hybridized carbons (Fsp3) is 0.467. The Labute approximate surface area is 123 Å². The predicted molar refractivity (Wildman–Crippen MR) is 81.3 cm³/mol. The largest absolute Gasteiger partial charge is 0.369 e. The van der Waals surface area contributed by atoms with E-state index in [1.807, 2.05) is 6.07 Å². The van der Waals surface area contributed by atoms with Gasteiger partial charge in [-0.25, -0.2) is 14.4 Å². The summed E-state index contributed by atoms with van der Waals surface area (Å²) in [5.41, 5.74) is 6.77. The summed E-state index contributed by atoms with van der Waals surface area (Å²) in [5.74, 6) is 1.05. The summed E-state index contributed by atoms with van der Waals surface area (Å²) in [6, 6.07) is 5.46. The van der Waals surface area contributed by atoms with Crippen molar-refractivity contribution in [2.24, 2.45) is 5.92 Å². The third kappa shape index (κ3) is 3.11. The highest BCUT2D eigenvalue weighted by Crippen LogP contribution is 2.21. The molecule has 1 aliphatic rings. The highest BCUT2D eigenvalue weighted by atomic mass is 19.1. The number of hydrazine groups is 1. The number of nitrogens with zero attached hydrogens (tertiary/aromatic N) is 2. The second-order valence-corrected chi connectivity index (χ2v) is 5.50. The van der Waals surface area contributed by atoms with Crippen LogP contribution < -0.4 is 16.2 Å². The number of hydrogen-bond donors (Lipinski definition) is 3. The summed E-state index contributed by atoms with van der Waals surface area (Å²) >= 11 is 0. The van der Waals surface area contributed by atoms with E-state index in [1.54, 1.807) is 6.07 Å². The highest BCUT2D eigenvalue weighted by Gasteiger charge is 2.21. The van der Waals surface area contributed by atoms with Crippen molar-refractivity contribution in [2.75, 3.05) is 18.4 Å². The molecule has 112 valence electrons. The molecule has 0 aliphatic carbocycles. The van der Waals surface area contributed by atoms with Gasteiger partial charge in [0.15, 0.2) is 0 Å². The Morgan fingerprint density at radius 1 is 1.38 bits per heavy atom. The van der Waals surface area contributed by atoms with Crippen LogP contribution in [0.2, 0.25) is 0 Å². The average molecular weight is 289 g/mol. The van der Waals surface area contributed by atoms with E-state index in [4.69, 9.17) is 0 Å². The first-order chi connectivity index (χ1) is 10.3. The zero-order valence-electron chi connectivity index (χ0n) is 12.1. The molecule has 1 fully saturated rings. The van der Waals surface area contributed by atoms with E-state index in [0.29, 0.717) is 23.3 Å². The van der Waals surface area contributed by atoms with Gasteiger partial charge in [0.2, 0.25) is 0 Å². The highest BCUT2D eigenvalue weighted by molar-refractivity contribution is 5.89. The molecule has 5 nitrogen and oxygen atoms in total. The van der Waals surface area contributed by atoms with E-state index in [9.17, 15) is 4.39 Å². The fourth-order valence-electron chi connectivity index (χ4n) is 2.76. The van der Waals surface area contributed by atoms with Crippen LogP contribution in [-0.2, 0) is 0 Å². The van der Waals surface area contributed by atoms with Crippen LogP contribution in [0.1, 0.15) is 19.8 Å². The van der Waals surface area contributed by atoms with Crippen molar-refractivity contribution in [1.82, 2.24) is 20.8 Å². The maximum absolute atomic E-state index is 13.7. The van der Waals surface area contributed by atoms with Gasteiger partial charge < -0.3 is 5.32 Å². The Morgan fingerprint density at radius 3 is 3.10 bits per heavy atom. The number of rotatable bonds is 5. The molecule has 2 aromatic rings. The Bertz CT molecular complexity index is 618. The lowest BCUT2D eigenvalue weighted by molar-refractivity contribution is 0.452. The van der Waals surface area contributed by atoms with Crippen molar-refractivity contribution in [3.05, 3.63) is 30.3 Å². The standard InChI is InChI=1S/C15H20FN5/c1-10-11(8-20-21-10)4-3-7-17-15-12-5-2-6-13(16)14(12)18-9-19-15/h2,5-6,9-11,20-21H,3-4,7-8H2,1H3,(H,17,18,19). The number of para-hydroxylation sites is 1. The van der Waals surface area contributed by atoms with Crippen molar-refractivity contribution >= 4 is 16.7 Å². The third-order valence-electron chi connectivity index (χ3n) is 4.06. The van der Waals surface area contributed by atoms with Crippen LogP contribution in [0.15, 0.2) is 24.5 Å². The van der Waals surface area contributed by atoms with Crippen LogP contribution in [0.25, 0.3) is 10.9 Å². The fourth-order valence-corrected chi connectivity index (χ4v) is 2.76. The topological polar surface area (TPSA) is 61.9 Å². The van der Waals surface area contributed by atoms with Gasteiger partial charge in [0, 0.05) is 24.5 Å². The zero-order chi connectivity index (χ0) is 14.7. The van der Waals surface area contributed by atoms with Gasteiger partial charge in [0.1, 0.15) is 23.5 Å². The van der Waals surface area contributed by atoms with Crippen molar-refractivity contribution < 1.29 is 4.39 Å². The van der Waals surface area contributed by atoms with E-state index in [0.717, 1.165) is 31.3 Å². The summed E-state index contributed by atoms with van der Waals surface area (Å²) in [7, 11) is 0. The van der Waals surface area contributed by atoms with E-state index in [2.05, 4.69) is 33.1 Å². The molecular weight excluding hydrogens is 269 g/mol. The van der Waals surface area contributed by atoms with Gasteiger partial charge in [0.05, 0.1) is 0 Å². The minimum atomic E-state index is -0.310. The number of hydrogen-bond acceptors (Lipinski definition) is 5. The first kappa shape index (κ1) is 14.2. The SMILES string of the molecule is CC1NNCC1CCCNc1ncnc2c(F)cccc12. The minimum absolute atomic E-state index is 0.310. The number of aromatic nitrogens is 2. The lowest BCUT2D eigenvalue weighted by atomic mass is 9.98. The second kappa shape index (κ2) is 6.32. The van der Waals surface area contributed by atoms with Gasteiger partial charge in [-0.05, 0) is 37.8 Å². The molecule has 21 heavy (non-hydrogen) atoms. The first-order valence-electron chi connectivity index (χ1n) is 7.37. The maximum atomic E-state index is 13.7. The number of fused-ring (bicyclic) bond motifs is 1. The van der Waals surface area contributed by atoms with Gasteiger partial charge in [-0.1, -0.05) is 6.07 Å². The molecular formula is C15H20FN5. The van der Waals surface area contributed by atoms with Crippen molar-refractivity contribution in [3.63, 3.8) is 0 Å². The summed E-state index contributed by atoms with van der Waals surface area (Å²) in [5, 5.41) is 4.03. The van der Waals surface area contributed by atoms with Gasteiger partial charge in [-0.3, -0.25) is 10.9 Å². The van der Waals surface area contributed by atoms with E-state index in [-0.39, 0.29) is 5.82 Å². The summed E-state index contributed by atoms with van der Waals surface area (Å²) in [6.45, 7) is 4.04. The molecule has 3 rings (SSSR count). The van der Waals surface area contributed by atoms with Crippen LogP contribution in [0.5, 0.6) is 0 Å². The Kier molecular flexibility index (Phi) is 4.26. The van der Waals surface area contributed by atoms with Gasteiger partial charge in [0.25, 0.3) is 0 Å². The van der Waals surface area contributed by atoms with E-state index < -0.39 is 0 Å². The molecule has 0 saturated carbocycles. The zero-order valence-corrected chi connectivity index (χ0v) is 12.1. The monoisotopic (exact) mass is 289 g/mol. The number of nitrogens with one attached hydrogen (secondary N) is 3. The second-order valence-electron chi connectivity index (χ2n) is 5.50. The molecule has 0 amide bonds. The normalized spacial score (nSPS) is 21.8. The molecule has 1 aliphatic heterocycles. The molecule has 2 unspecified atom stereocenters. The number of benzene rings is 1. The van der Waals surface area contributed by atoms with Crippen LogP contribution in [0.4, 0.5) is 10.2 Å².